The molecule has 5 heteroatoms. The van der Waals surface area contributed by atoms with Crippen molar-refractivity contribution in [3.63, 3.8) is 0 Å². The van der Waals surface area contributed by atoms with Crippen LogP contribution in [0, 0.1) is 11.3 Å². The number of nitrogens with zero attached hydrogens (tertiary/aromatic N) is 4. The lowest BCUT2D eigenvalue weighted by Gasteiger charge is -2.36. The van der Waals surface area contributed by atoms with Crippen LogP contribution in [0.2, 0.25) is 0 Å². The lowest BCUT2D eigenvalue weighted by atomic mass is 10.1. The molecule has 0 spiro atoms. The fourth-order valence-electron chi connectivity index (χ4n) is 2.74. The molecule has 1 aromatic rings. The molecule has 0 bridgehead atoms. The Hall–Kier alpha value is -1.64. The highest BCUT2D eigenvalue weighted by atomic mass is 16.2. The quantitative estimate of drug-likeness (QED) is 0.814. The van der Waals surface area contributed by atoms with Crippen LogP contribution in [0.25, 0.3) is 0 Å². The summed E-state index contributed by atoms with van der Waals surface area (Å²) in [4.78, 5) is 9.37. The maximum atomic E-state index is 9.32. The van der Waals surface area contributed by atoms with Crippen molar-refractivity contribution in [3.8, 4) is 6.07 Å². The standard InChI is InChI=1S/C17H26N4O/c1-14(2)16-6-5-15(13-18)17(19-16)21-10-8-20(9-11-21)7-3-4-12-22/h5-6,14,22H,3-4,7-12H2,1-2H3. The molecule has 1 aliphatic rings. The molecule has 0 amide bonds. The molecule has 0 atom stereocenters. The second-order valence-electron chi connectivity index (χ2n) is 6.13. The minimum absolute atomic E-state index is 0.275. The molecule has 1 aromatic heterocycles. The molecular formula is C17H26N4O. The molecular weight excluding hydrogens is 276 g/mol. The van der Waals surface area contributed by atoms with Gasteiger partial charge in [-0.05, 0) is 37.4 Å². The lowest BCUT2D eigenvalue weighted by molar-refractivity contribution is 0.232. The number of pyridine rings is 1. The number of hydrogen-bond donors (Lipinski definition) is 1. The largest absolute Gasteiger partial charge is 0.396 e. The predicted octanol–water partition coefficient (Wildman–Crippen LogP) is 1.97. The first kappa shape index (κ1) is 16.7. The molecule has 0 saturated carbocycles. The molecule has 0 unspecified atom stereocenters. The van der Waals surface area contributed by atoms with Crippen LogP contribution >= 0.6 is 0 Å². The van der Waals surface area contributed by atoms with Gasteiger partial charge in [-0.2, -0.15) is 5.26 Å². The van der Waals surface area contributed by atoms with Gasteiger partial charge in [0.05, 0.1) is 5.56 Å². The number of unbranched alkanes of at least 4 members (excludes halogenated alkanes) is 1. The molecule has 0 aromatic carbocycles. The third-order valence-corrected chi connectivity index (χ3v) is 4.16. The smallest absolute Gasteiger partial charge is 0.146 e. The number of aromatic nitrogens is 1. The highest BCUT2D eigenvalue weighted by Crippen LogP contribution is 2.22. The Labute approximate surface area is 133 Å². The first-order chi connectivity index (χ1) is 10.7. The number of anilines is 1. The molecule has 120 valence electrons. The predicted molar refractivity (Wildman–Crippen MR) is 88.0 cm³/mol. The summed E-state index contributed by atoms with van der Waals surface area (Å²) in [5.41, 5.74) is 1.71. The number of nitriles is 1. The topological polar surface area (TPSA) is 63.4 Å². The van der Waals surface area contributed by atoms with E-state index in [9.17, 15) is 5.26 Å². The van der Waals surface area contributed by atoms with Crippen molar-refractivity contribution in [1.82, 2.24) is 9.88 Å². The molecule has 2 rings (SSSR count). The summed E-state index contributed by atoms with van der Waals surface area (Å²) in [6.45, 7) is 9.35. The van der Waals surface area contributed by atoms with Crippen molar-refractivity contribution in [2.24, 2.45) is 0 Å². The average Bonchev–Trinajstić information content (AvgIpc) is 2.55. The zero-order valence-electron chi connectivity index (χ0n) is 13.6. The van der Waals surface area contributed by atoms with Crippen molar-refractivity contribution in [3.05, 3.63) is 23.4 Å². The monoisotopic (exact) mass is 302 g/mol. The van der Waals surface area contributed by atoms with Crippen LogP contribution in [0.1, 0.15) is 43.9 Å². The minimum Gasteiger partial charge on any atom is -0.396 e. The number of aliphatic hydroxyl groups excluding tert-OH is 1. The SMILES string of the molecule is CC(C)c1ccc(C#N)c(N2CCN(CCCCO)CC2)n1. The Balaban J connectivity index is 2.01. The Morgan fingerprint density at radius 2 is 1.95 bits per heavy atom. The van der Waals surface area contributed by atoms with Gasteiger partial charge in [-0.15, -0.1) is 0 Å². The van der Waals surface area contributed by atoms with Crippen LogP contribution in [-0.4, -0.2) is 54.3 Å². The zero-order chi connectivity index (χ0) is 15.9. The summed E-state index contributed by atoms with van der Waals surface area (Å²) < 4.78 is 0. The molecule has 0 aliphatic carbocycles. The number of aliphatic hydroxyl groups is 1. The van der Waals surface area contributed by atoms with Gasteiger partial charge >= 0.3 is 0 Å². The van der Waals surface area contributed by atoms with E-state index in [0.29, 0.717) is 11.5 Å². The highest BCUT2D eigenvalue weighted by Gasteiger charge is 2.20. The van der Waals surface area contributed by atoms with Crippen LogP contribution in [0.4, 0.5) is 5.82 Å². The third-order valence-electron chi connectivity index (χ3n) is 4.16. The highest BCUT2D eigenvalue weighted by molar-refractivity contribution is 5.55. The lowest BCUT2D eigenvalue weighted by Crippen LogP contribution is -2.47. The Bertz CT molecular complexity index is 516. The molecule has 5 nitrogen and oxygen atoms in total. The summed E-state index contributed by atoms with van der Waals surface area (Å²) >= 11 is 0. The van der Waals surface area contributed by atoms with Crippen LogP contribution in [0.5, 0.6) is 0 Å². The normalized spacial score (nSPS) is 16.0. The molecule has 2 heterocycles. The van der Waals surface area contributed by atoms with E-state index in [1.165, 1.54) is 0 Å². The van der Waals surface area contributed by atoms with Crippen molar-refractivity contribution in [2.75, 3.05) is 44.2 Å². The van der Waals surface area contributed by atoms with Gasteiger partial charge in [0.2, 0.25) is 0 Å². The first-order valence-electron chi connectivity index (χ1n) is 8.15. The maximum absolute atomic E-state index is 9.32. The second kappa shape index (κ2) is 8.11. The summed E-state index contributed by atoms with van der Waals surface area (Å²) in [7, 11) is 0. The van der Waals surface area contributed by atoms with Gasteiger partial charge in [-0.1, -0.05) is 13.8 Å². The number of rotatable bonds is 6. The van der Waals surface area contributed by atoms with Gasteiger partial charge in [-0.3, -0.25) is 4.90 Å². The van der Waals surface area contributed by atoms with Crippen LogP contribution in [0.15, 0.2) is 12.1 Å². The van der Waals surface area contributed by atoms with Crippen LogP contribution in [-0.2, 0) is 0 Å². The van der Waals surface area contributed by atoms with Crippen LogP contribution < -0.4 is 4.90 Å². The van der Waals surface area contributed by atoms with E-state index in [0.717, 1.165) is 57.1 Å². The number of piperazine rings is 1. The molecule has 0 radical (unpaired) electrons. The van der Waals surface area contributed by atoms with Crippen LogP contribution in [0.3, 0.4) is 0 Å². The van der Waals surface area contributed by atoms with Crippen molar-refractivity contribution < 1.29 is 5.11 Å². The molecule has 22 heavy (non-hydrogen) atoms. The summed E-state index contributed by atoms with van der Waals surface area (Å²) in [6, 6.07) is 6.12. The third kappa shape index (κ3) is 4.19. The van der Waals surface area contributed by atoms with Crippen molar-refractivity contribution in [2.45, 2.75) is 32.6 Å². The van der Waals surface area contributed by atoms with E-state index in [2.05, 4.69) is 29.7 Å². The second-order valence-corrected chi connectivity index (χ2v) is 6.13. The summed E-state index contributed by atoms with van der Waals surface area (Å²) in [6.07, 6.45) is 1.91. The minimum atomic E-state index is 0.275. The van der Waals surface area contributed by atoms with Crippen molar-refractivity contribution in [1.29, 1.82) is 5.26 Å². The summed E-state index contributed by atoms with van der Waals surface area (Å²) in [5.74, 6) is 1.20. The van der Waals surface area contributed by atoms with E-state index >= 15 is 0 Å². The van der Waals surface area contributed by atoms with E-state index in [4.69, 9.17) is 10.1 Å². The van der Waals surface area contributed by atoms with Gasteiger partial charge in [0, 0.05) is 38.5 Å². The maximum Gasteiger partial charge on any atom is 0.146 e. The van der Waals surface area contributed by atoms with Gasteiger partial charge in [-0.25, -0.2) is 4.98 Å². The Morgan fingerprint density at radius 1 is 1.23 bits per heavy atom. The molecule has 1 N–H and O–H groups in total. The Kier molecular flexibility index (Phi) is 6.17. The number of hydrogen-bond acceptors (Lipinski definition) is 5. The molecule has 1 saturated heterocycles. The Morgan fingerprint density at radius 3 is 2.55 bits per heavy atom. The van der Waals surface area contributed by atoms with E-state index < -0.39 is 0 Å². The fraction of sp³-hybridized carbons (Fsp3) is 0.647. The summed E-state index contributed by atoms with van der Waals surface area (Å²) in [5, 5.41) is 18.2. The fourth-order valence-corrected chi connectivity index (χ4v) is 2.74. The molecule has 1 fully saturated rings. The zero-order valence-corrected chi connectivity index (χ0v) is 13.6. The van der Waals surface area contributed by atoms with Gasteiger partial charge in [0.25, 0.3) is 0 Å². The van der Waals surface area contributed by atoms with E-state index in [1.807, 2.05) is 12.1 Å². The molecule has 1 aliphatic heterocycles. The van der Waals surface area contributed by atoms with Gasteiger partial charge < -0.3 is 10.0 Å². The van der Waals surface area contributed by atoms with Crippen molar-refractivity contribution >= 4 is 5.82 Å². The van der Waals surface area contributed by atoms with Gasteiger partial charge in [0.1, 0.15) is 11.9 Å². The van der Waals surface area contributed by atoms with Gasteiger partial charge in [0.15, 0.2) is 0 Å². The first-order valence-corrected chi connectivity index (χ1v) is 8.15. The van der Waals surface area contributed by atoms with E-state index in [1.54, 1.807) is 0 Å². The average molecular weight is 302 g/mol. The van der Waals surface area contributed by atoms with E-state index in [-0.39, 0.29) is 6.61 Å².